The minimum atomic E-state index is -0.250. The van der Waals surface area contributed by atoms with Crippen LogP contribution in [0, 0.1) is 0 Å². The van der Waals surface area contributed by atoms with Gasteiger partial charge in [-0.05, 0) is 31.4 Å². The van der Waals surface area contributed by atoms with Gasteiger partial charge in [-0.3, -0.25) is 14.6 Å². The predicted octanol–water partition coefficient (Wildman–Crippen LogP) is 1.13. The van der Waals surface area contributed by atoms with Crippen LogP contribution < -0.4 is 4.74 Å². The summed E-state index contributed by atoms with van der Waals surface area (Å²) in [6.07, 6.45) is 7.40. The van der Waals surface area contributed by atoms with Crippen LogP contribution in [-0.2, 0) is 19.1 Å². The average Bonchev–Trinajstić information content (AvgIpc) is 2.70. The van der Waals surface area contributed by atoms with Crippen molar-refractivity contribution in [2.24, 2.45) is 0 Å². The molecule has 2 N–H and O–H groups in total. The van der Waals surface area contributed by atoms with Crippen LogP contribution in [0.1, 0.15) is 19.3 Å². The van der Waals surface area contributed by atoms with Crippen LogP contribution in [0.2, 0.25) is 0 Å². The van der Waals surface area contributed by atoms with Crippen LogP contribution in [0.3, 0.4) is 0 Å². The molecular weight excluding hydrogens is 356 g/mol. The molecule has 2 saturated heterocycles. The van der Waals surface area contributed by atoms with Gasteiger partial charge in [0.1, 0.15) is 11.9 Å². The van der Waals surface area contributed by atoms with Gasteiger partial charge in [0.15, 0.2) is 0 Å². The van der Waals surface area contributed by atoms with Gasteiger partial charge in [0, 0.05) is 32.0 Å². The molecule has 0 spiro atoms. The van der Waals surface area contributed by atoms with Crippen LogP contribution in [0.15, 0.2) is 24.5 Å². The number of hydrogen-bond acceptors (Lipinski definition) is 7. The number of pyridine rings is 1. The van der Waals surface area contributed by atoms with E-state index in [1.165, 1.54) is 0 Å². The van der Waals surface area contributed by atoms with E-state index in [1.807, 2.05) is 12.1 Å². The fourth-order valence-electron chi connectivity index (χ4n) is 2.89. The molecule has 9 heteroatoms. The van der Waals surface area contributed by atoms with Gasteiger partial charge in [0.05, 0.1) is 25.9 Å². The standard InChI is InChI=1S/C16H24N2O3.2CH2O2/c1-6-17-7-2-14(1)21-15-3-8-18(9-4-15)10-5-16-13-19-11-12-20-16;2*2-1-3/h1-2,6-7,15-16H,3-5,8-13H2;2*1H,(H,2,3). The Hall–Kier alpha value is -2.23. The van der Waals surface area contributed by atoms with Gasteiger partial charge in [0.2, 0.25) is 0 Å². The summed E-state index contributed by atoms with van der Waals surface area (Å²) in [7, 11) is 0. The van der Waals surface area contributed by atoms with Crippen molar-refractivity contribution in [2.45, 2.75) is 31.5 Å². The minimum Gasteiger partial charge on any atom is -0.490 e. The zero-order valence-electron chi connectivity index (χ0n) is 15.3. The summed E-state index contributed by atoms with van der Waals surface area (Å²) in [6.45, 7) is 5.03. The van der Waals surface area contributed by atoms with Gasteiger partial charge < -0.3 is 29.3 Å². The Kier molecular flexibility index (Phi) is 12.6. The fourth-order valence-corrected chi connectivity index (χ4v) is 2.89. The van der Waals surface area contributed by atoms with Crippen LogP contribution in [0.4, 0.5) is 0 Å². The van der Waals surface area contributed by atoms with Crippen LogP contribution in [0.5, 0.6) is 5.75 Å². The van der Waals surface area contributed by atoms with Crippen molar-refractivity contribution < 1.29 is 34.0 Å². The number of aromatic nitrogens is 1. The first-order valence-corrected chi connectivity index (χ1v) is 8.87. The summed E-state index contributed by atoms with van der Waals surface area (Å²) in [5.74, 6) is 0.927. The SMILES string of the molecule is O=CO.O=CO.c1cc(OC2CCN(CCC3COCCO3)CC2)ccn1. The van der Waals surface area contributed by atoms with E-state index in [0.29, 0.717) is 6.10 Å². The van der Waals surface area contributed by atoms with Gasteiger partial charge in [0.25, 0.3) is 12.9 Å². The quantitative estimate of drug-likeness (QED) is 0.720. The lowest BCUT2D eigenvalue weighted by Gasteiger charge is -2.33. The molecule has 0 aliphatic carbocycles. The molecule has 3 heterocycles. The Bertz CT molecular complexity index is 484. The minimum absolute atomic E-state index is 0.250. The van der Waals surface area contributed by atoms with Crippen molar-refractivity contribution in [1.29, 1.82) is 0 Å². The second-order valence-corrected chi connectivity index (χ2v) is 5.91. The highest BCUT2D eigenvalue weighted by molar-refractivity contribution is 5.33. The summed E-state index contributed by atoms with van der Waals surface area (Å²) >= 11 is 0. The lowest BCUT2D eigenvalue weighted by Crippen LogP contribution is -2.40. The molecule has 0 radical (unpaired) electrons. The molecule has 1 aromatic rings. The Morgan fingerprint density at radius 2 is 1.78 bits per heavy atom. The third-order valence-electron chi connectivity index (χ3n) is 4.14. The first kappa shape index (κ1) is 22.8. The molecule has 1 aromatic heterocycles. The summed E-state index contributed by atoms with van der Waals surface area (Å²) in [5.41, 5.74) is 0. The van der Waals surface area contributed by atoms with Crippen LogP contribution >= 0.6 is 0 Å². The average molecular weight is 384 g/mol. The van der Waals surface area contributed by atoms with Gasteiger partial charge in [-0.2, -0.15) is 0 Å². The smallest absolute Gasteiger partial charge is 0.290 e. The maximum atomic E-state index is 8.36. The number of rotatable bonds is 5. The third-order valence-corrected chi connectivity index (χ3v) is 4.14. The third kappa shape index (κ3) is 10.5. The molecule has 0 aromatic carbocycles. The largest absolute Gasteiger partial charge is 0.490 e. The molecule has 152 valence electrons. The number of ether oxygens (including phenoxy) is 3. The Morgan fingerprint density at radius 1 is 1.15 bits per heavy atom. The Balaban J connectivity index is 0.000000540. The molecule has 2 fully saturated rings. The molecule has 1 atom stereocenters. The molecular formula is C18H28N2O7. The van der Waals surface area contributed by atoms with E-state index < -0.39 is 0 Å². The molecule has 2 aliphatic rings. The highest BCUT2D eigenvalue weighted by Gasteiger charge is 2.22. The molecule has 3 rings (SSSR count). The number of carbonyl (C=O) groups is 2. The van der Waals surface area contributed by atoms with Crippen molar-refractivity contribution in [2.75, 3.05) is 39.5 Å². The highest BCUT2D eigenvalue weighted by Crippen LogP contribution is 2.18. The first-order valence-electron chi connectivity index (χ1n) is 8.87. The number of hydrogen-bond donors (Lipinski definition) is 2. The van der Waals surface area contributed by atoms with Crippen molar-refractivity contribution in [3.8, 4) is 5.75 Å². The normalized spacial score (nSPS) is 20.2. The summed E-state index contributed by atoms with van der Waals surface area (Å²) in [5, 5.41) is 13.8. The molecule has 0 bridgehead atoms. The van der Waals surface area contributed by atoms with Gasteiger partial charge >= 0.3 is 0 Å². The number of piperidine rings is 1. The zero-order chi connectivity index (χ0) is 19.7. The van der Waals surface area contributed by atoms with E-state index in [9.17, 15) is 0 Å². The Morgan fingerprint density at radius 3 is 2.33 bits per heavy atom. The maximum absolute atomic E-state index is 8.36. The zero-order valence-corrected chi connectivity index (χ0v) is 15.3. The molecule has 1 unspecified atom stereocenters. The second kappa shape index (κ2) is 14.9. The molecule has 0 amide bonds. The van der Waals surface area contributed by atoms with Crippen LogP contribution in [-0.4, -0.2) is 84.7 Å². The van der Waals surface area contributed by atoms with Crippen LogP contribution in [0.25, 0.3) is 0 Å². The number of nitrogens with zero attached hydrogens (tertiary/aromatic N) is 2. The van der Waals surface area contributed by atoms with Gasteiger partial charge in [-0.1, -0.05) is 0 Å². The monoisotopic (exact) mass is 384 g/mol. The van der Waals surface area contributed by atoms with E-state index >= 15 is 0 Å². The Labute approximate surface area is 158 Å². The lowest BCUT2D eigenvalue weighted by atomic mass is 10.1. The van der Waals surface area contributed by atoms with Gasteiger partial charge in [-0.25, -0.2) is 0 Å². The van der Waals surface area contributed by atoms with Crippen molar-refractivity contribution >= 4 is 12.9 Å². The molecule has 2 aliphatic heterocycles. The van der Waals surface area contributed by atoms with E-state index in [2.05, 4.69) is 9.88 Å². The maximum Gasteiger partial charge on any atom is 0.290 e. The predicted molar refractivity (Wildman–Crippen MR) is 96.9 cm³/mol. The van der Waals surface area contributed by atoms with Crippen molar-refractivity contribution in [3.05, 3.63) is 24.5 Å². The first-order chi connectivity index (χ1) is 13.2. The molecule has 0 saturated carbocycles. The summed E-state index contributed by atoms with van der Waals surface area (Å²) < 4.78 is 17.1. The molecule has 9 nitrogen and oxygen atoms in total. The lowest BCUT2D eigenvalue weighted by molar-refractivity contribution is -0.123. The van der Waals surface area contributed by atoms with Crippen molar-refractivity contribution in [1.82, 2.24) is 9.88 Å². The number of carboxylic acid groups (broad SMARTS) is 2. The van der Waals surface area contributed by atoms with Crippen molar-refractivity contribution in [3.63, 3.8) is 0 Å². The van der Waals surface area contributed by atoms with E-state index in [1.54, 1.807) is 12.4 Å². The summed E-state index contributed by atoms with van der Waals surface area (Å²) in [6, 6.07) is 3.85. The van der Waals surface area contributed by atoms with E-state index in [-0.39, 0.29) is 19.0 Å². The summed E-state index contributed by atoms with van der Waals surface area (Å²) in [4.78, 5) is 23.2. The van der Waals surface area contributed by atoms with E-state index in [4.69, 9.17) is 34.0 Å². The van der Waals surface area contributed by atoms with E-state index in [0.717, 1.165) is 64.5 Å². The van der Waals surface area contributed by atoms with Gasteiger partial charge in [-0.15, -0.1) is 0 Å². The fraction of sp³-hybridized carbons (Fsp3) is 0.611. The highest BCUT2D eigenvalue weighted by atomic mass is 16.6. The molecule has 27 heavy (non-hydrogen) atoms. The topological polar surface area (TPSA) is 118 Å². The second-order valence-electron chi connectivity index (χ2n) is 5.91. The number of likely N-dealkylation sites (tertiary alicyclic amines) is 1.